The van der Waals surface area contributed by atoms with E-state index >= 15 is 0 Å². The fraction of sp³-hybridized carbons (Fsp3) is 0. The number of anilines is 3. The van der Waals surface area contributed by atoms with Crippen molar-refractivity contribution in [2.45, 2.75) is 0 Å². The monoisotopic (exact) mass is 824 g/mol. The number of aromatic nitrogens is 3. The maximum atomic E-state index is 6.66. The van der Waals surface area contributed by atoms with Gasteiger partial charge in [-0.3, -0.25) is 0 Å². The Balaban J connectivity index is 0.980. The van der Waals surface area contributed by atoms with Crippen LogP contribution in [-0.4, -0.2) is 15.0 Å². The SMILES string of the molecule is c1ccc(-c2cccc(-c3nc(-c4cccc5c4sc4ccccc45)nc(-c4cccc5oc6cc(-c7ccc(N(c8ccccc8)c8ccccc8)cc7)ccc6c45)n3)c2)cc1. The molecule has 3 heterocycles. The zero-order valence-electron chi connectivity index (χ0n) is 33.9. The van der Waals surface area contributed by atoms with E-state index in [0.717, 1.165) is 82.6 Å². The molecular weight excluding hydrogens is 789 g/mol. The zero-order chi connectivity index (χ0) is 41.7. The first kappa shape index (κ1) is 36.6. The molecule has 0 fully saturated rings. The second-order valence-electron chi connectivity index (χ2n) is 15.6. The lowest BCUT2D eigenvalue weighted by atomic mass is 10.0. The molecule has 0 N–H and O–H groups in total. The van der Waals surface area contributed by atoms with Crippen molar-refractivity contribution in [3.8, 4) is 56.4 Å². The molecule has 0 bridgehead atoms. The Morgan fingerprint density at radius 1 is 0.349 bits per heavy atom. The topological polar surface area (TPSA) is 55.1 Å². The highest BCUT2D eigenvalue weighted by Crippen LogP contribution is 2.42. The van der Waals surface area contributed by atoms with Crippen molar-refractivity contribution in [2.24, 2.45) is 0 Å². The van der Waals surface area contributed by atoms with Gasteiger partial charge in [-0.15, -0.1) is 11.3 Å². The van der Waals surface area contributed by atoms with E-state index in [4.69, 9.17) is 19.4 Å². The summed E-state index contributed by atoms with van der Waals surface area (Å²) in [5.41, 5.74) is 12.0. The van der Waals surface area contributed by atoms with Crippen LogP contribution in [0.15, 0.2) is 223 Å². The number of thiophene rings is 1. The second-order valence-corrected chi connectivity index (χ2v) is 16.6. The minimum Gasteiger partial charge on any atom is -0.456 e. The van der Waals surface area contributed by atoms with Gasteiger partial charge in [0.25, 0.3) is 0 Å². The summed E-state index contributed by atoms with van der Waals surface area (Å²) in [5, 5.41) is 4.40. The predicted molar refractivity (Wildman–Crippen MR) is 262 cm³/mol. The van der Waals surface area contributed by atoms with Gasteiger partial charge < -0.3 is 9.32 Å². The van der Waals surface area contributed by atoms with Crippen molar-refractivity contribution in [1.82, 2.24) is 15.0 Å². The molecule has 63 heavy (non-hydrogen) atoms. The first-order chi connectivity index (χ1) is 31.2. The maximum absolute atomic E-state index is 6.66. The molecule has 0 atom stereocenters. The Hall–Kier alpha value is -8.19. The van der Waals surface area contributed by atoms with Crippen LogP contribution in [0.1, 0.15) is 0 Å². The van der Waals surface area contributed by atoms with E-state index in [-0.39, 0.29) is 0 Å². The van der Waals surface area contributed by atoms with Crippen LogP contribution in [-0.2, 0) is 0 Å². The fourth-order valence-corrected chi connectivity index (χ4v) is 9.95. The van der Waals surface area contributed by atoms with Crippen molar-refractivity contribution in [1.29, 1.82) is 0 Å². The number of hydrogen-bond donors (Lipinski definition) is 0. The highest BCUT2D eigenvalue weighted by molar-refractivity contribution is 7.26. The normalized spacial score (nSPS) is 11.5. The number of furan rings is 1. The fourth-order valence-electron chi connectivity index (χ4n) is 8.73. The summed E-state index contributed by atoms with van der Waals surface area (Å²) in [7, 11) is 0. The van der Waals surface area contributed by atoms with Crippen LogP contribution in [0.5, 0.6) is 0 Å². The molecular formula is C57H36N4OS. The third kappa shape index (κ3) is 6.61. The van der Waals surface area contributed by atoms with Gasteiger partial charge >= 0.3 is 0 Å². The number of hydrogen-bond acceptors (Lipinski definition) is 6. The number of benzene rings is 9. The summed E-state index contributed by atoms with van der Waals surface area (Å²) in [5.74, 6) is 1.83. The van der Waals surface area contributed by atoms with Crippen LogP contribution in [0.25, 0.3) is 98.5 Å². The van der Waals surface area contributed by atoms with E-state index in [0.29, 0.717) is 17.5 Å². The summed E-state index contributed by atoms with van der Waals surface area (Å²) in [4.78, 5) is 18.1. The average molecular weight is 825 g/mol. The summed E-state index contributed by atoms with van der Waals surface area (Å²) >= 11 is 1.77. The van der Waals surface area contributed by atoms with Crippen LogP contribution < -0.4 is 4.90 Å². The molecule has 9 aromatic carbocycles. The maximum Gasteiger partial charge on any atom is 0.165 e. The Bertz CT molecular complexity index is 3580. The third-order valence-corrected chi connectivity index (χ3v) is 13.0. The quantitative estimate of drug-likeness (QED) is 0.153. The van der Waals surface area contributed by atoms with E-state index < -0.39 is 0 Å². The van der Waals surface area contributed by atoms with Gasteiger partial charge in [0.05, 0.1) is 0 Å². The molecule has 0 saturated carbocycles. The number of rotatable bonds is 8. The van der Waals surface area contributed by atoms with E-state index in [1.165, 1.54) is 15.5 Å². The minimum absolute atomic E-state index is 0.590. The molecule has 6 heteroatoms. The van der Waals surface area contributed by atoms with Gasteiger partial charge in [0.1, 0.15) is 11.2 Å². The summed E-state index contributed by atoms with van der Waals surface area (Å²) in [6, 6.07) is 76.2. The van der Waals surface area contributed by atoms with Crippen LogP contribution in [0, 0.1) is 0 Å². The molecule has 3 aromatic heterocycles. The van der Waals surface area contributed by atoms with Gasteiger partial charge in [-0.05, 0) is 95.1 Å². The molecule has 0 amide bonds. The lowest BCUT2D eigenvalue weighted by Gasteiger charge is -2.25. The molecule has 0 aliphatic rings. The van der Waals surface area contributed by atoms with E-state index in [2.05, 4.69) is 193 Å². The highest BCUT2D eigenvalue weighted by atomic mass is 32.1. The molecule has 5 nitrogen and oxygen atoms in total. The number of nitrogens with zero attached hydrogens (tertiary/aromatic N) is 4. The predicted octanol–water partition coefficient (Wildman–Crippen LogP) is 15.9. The van der Waals surface area contributed by atoms with Gasteiger partial charge in [-0.1, -0.05) is 146 Å². The van der Waals surface area contributed by atoms with Gasteiger partial charge in [-0.2, -0.15) is 0 Å². The van der Waals surface area contributed by atoms with Crippen LogP contribution >= 0.6 is 11.3 Å². The van der Waals surface area contributed by atoms with Crippen molar-refractivity contribution < 1.29 is 4.42 Å². The first-order valence-corrected chi connectivity index (χ1v) is 21.8. The van der Waals surface area contributed by atoms with Gasteiger partial charge in [0.2, 0.25) is 0 Å². The Morgan fingerprint density at radius 3 is 1.67 bits per heavy atom. The molecule has 12 aromatic rings. The molecule has 296 valence electrons. The zero-order valence-corrected chi connectivity index (χ0v) is 34.7. The second kappa shape index (κ2) is 15.4. The Morgan fingerprint density at radius 2 is 0.889 bits per heavy atom. The molecule has 0 radical (unpaired) electrons. The third-order valence-electron chi connectivity index (χ3n) is 11.7. The van der Waals surface area contributed by atoms with E-state index in [9.17, 15) is 0 Å². The average Bonchev–Trinajstić information content (AvgIpc) is 3.94. The lowest BCUT2D eigenvalue weighted by molar-refractivity contribution is 0.669. The Kier molecular flexibility index (Phi) is 8.94. The molecule has 12 rings (SSSR count). The van der Waals surface area contributed by atoms with Crippen LogP contribution in [0.4, 0.5) is 17.1 Å². The van der Waals surface area contributed by atoms with Crippen molar-refractivity contribution in [3.05, 3.63) is 218 Å². The number of para-hydroxylation sites is 2. The van der Waals surface area contributed by atoms with Crippen molar-refractivity contribution >= 4 is 70.5 Å². The highest BCUT2D eigenvalue weighted by Gasteiger charge is 2.21. The first-order valence-electron chi connectivity index (χ1n) is 21.0. The van der Waals surface area contributed by atoms with Crippen molar-refractivity contribution in [3.63, 3.8) is 0 Å². The smallest absolute Gasteiger partial charge is 0.165 e. The molecule has 0 saturated heterocycles. The largest absolute Gasteiger partial charge is 0.456 e. The molecule has 0 aliphatic carbocycles. The van der Waals surface area contributed by atoms with Gasteiger partial charge in [0, 0.05) is 64.7 Å². The van der Waals surface area contributed by atoms with E-state index in [1.807, 2.05) is 30.3 Å². The standard InChI is InChI=1S/C57H36N4OS/c1-4-15-37(16-5-1)39-17-12-18-41(35-39)55-58-56(60-57(59-55)49-26-13-24-46-45-23-10-11-28-52(45)63-54(46)49)48-25-14-27-50-53(48)47-34-31-40(36-51(47)62-50)38-29-32-44(33-30-38)61(42-19-6-2-7-20-42)43-21-8-3-9-22-43/h1-36H. The van der Waals surface area contributed by atoms with Gasteiger partial charge in [0.15, 0.2) is 17.5 Å². The van der Waals surface area contributed by atoms with Crippen LogP contribution in [0.2, 0.25) is 0 Å². The van der Waals surface area contributed by atoms with Crippen molar-refractivity contribution in [2.75, 3.05) is 4.90 Å². The summed E-state index contributed by atoms with van der Waals surface area (Å²) in [6.07, 6.45) is 0. The van der Waals surface area contributed by atoms with Crippen LogP contribution in [0.3, 0.4) is 0 Å². The summed E-state index contributed by atoms with van der Waals surface area (Å²) < 4.78 is 9.05. The lowest BCUT2D eigenvalue weighted by Crippen LogP contribution is -2.09. The van der Waals surface area contributed by atoms with Gasteiger partial charge in [-0.25, -0.2) is 15.0 Å². The molecule has 0 spiro atoms. The molecule has 0 aliphatic heterocycles. The Labute approximate surface area is 367 Å². The number of fused-ring (bicyclic) bond motifs is 6. The minimum atomic E-state index is 0.590. The molecule has 0 unspecified atom stereocenters. The van der Waals surface area contributed by atoms with E-state index in [1.54, 1.807) is 11.3 Å². The summed E-state index contributed by atoms with van der Waals surface area (Å²) in [6.45, 7) is 0.